The lowest BCUT2D eigenvalue weighted by Crippen LogP contribution is -2.46. The van der Waals surface area contributed by atoms with E-state index in [1.807, 2.05) is 57.2 Å². The van der Waals surface area contributed by atoms with Crippen LogP contribution in [-0.2, 0) is 11.3 Å². The molecule has 5 rings (SSSR count). The lowest BCUT2D eigenvalue weighted by Gasteiger charge is -2.37. The summed E-state index contributed by atoms with van der Waals surface area (Å²) in [5.41, 5.74) is 2.28. The fourth-order valence-electron chi connectivity index (χ4n) is 5.33. The van der Waals surface area contributed by atoms with Crippen LogP contribution < -0.4 is 5.32 Å². The van der Waals surface area contributed by atoms with Gasteiger partial charge in [0.1, 0.15) is 22.1 Å². The summed E-state index contributed by atoms with van der Waals surface area (Å²) < 4.78 is 34.7. The van der Waals surface area contributed by atoms with Gasteiger partial charge in [-0.1, -0.05) is 29.8 Å². The molecule has 42 heavy (non-hydrogen) atoms. The number of nitrogens with one attached hydrogen (secondary N) is 1. The Balaban J connectivity index is 1.42. The van der Waals surface area contributed by atoms with Gasteiger partial charge in [-0.2, -0.15) is 0 Å². The van der Waals surface area contributed by atoms with Crippen LogP contribution in [0.4, 0.5) is 13.6 Å². The van der Waals surface area contributed by atoms with Crippen LogP contribution in [0.5, 0.6) is 0 Å². The summed E-state index contributed by atoms with van der Waals surface area (Å²) in [4.78, 5) is 32.4. The van der Waals surface area contributed by atoms with Crippen LogP contribution in [0.2, 0.25) is 5.02 Å². The number of fused-ring (bicyclic) bond motifs is 1. The van der Waals surface area contributed by atoms with Crippen LogP contribution in [-0.4, -0.2) is 39.6 Å². The summed E-state index contributed by atoms with van der Waals surface area (Å²) in [6, 6.07) is 13.5. The molecule has 2 heterocycles. The summed E-state index contributed by atoms with van der Waals surface area (Å²) in [5.74, 6) is -1.67. The smallest absolute Gasteiger partial charge is 0.407 e. The Kier molecular flexibility index (Phi) is 8.80. The van der Waals surface area contributed by atoms with Crippen molar-refractivity contribution >= 4 is 45.0 Å². The van der Waals surface area contributed by atoms with Gasteiger partial charge in [-0.25, -0.2) is 13.6 Å². The highest BCUT2D eigenvalue weighted by Crippen LogP contribution is 2.40. The number of carbonyl (C=O) groups excluding carboxylic acids is 2. The Hall–Kier alpha value is -3.56. The van der Waals surface area contributed by atoms with Gasteiger partial charge in [-0.05, 0) is 93.5 Å². The number of hydrogen-bond donors (Lipinski definition) is 1. The highest BCUT2D eigenvalue weighted by Gasteiger charge is 2.33. The topological polar surface area (TPSA) is 71.5 Å². The van der Waals surface area contributed by atoms with E-state index < -0.39 is 23.3 Å². The fraction of sp³-hybridized carbons (Fsp3) is 0.344. The normalized spacial score (nSPS) is 17.2. The average Bonchev–Trinajstić information content (AvgIpc) is 3.32. The van der Waals surface area contributed by atoms with E-state index in [1.54, 1.807) is 17.3 Å². The van der Waals surface area contributed by atoms with Gasteiger partial charge >= 0.3 is 6.09 Å². The number of halogens is 3. The molecule has 6 nitrogen and oxygen atoms in total. The molecular weight excluding hydrogens is 580 g/mol. The van der Waals surface area contributed by atoms with Gasteiger partial charge in [-0.15, -0.1) is 11.3 Å². The van der Waals surface area contributed by atoms with Crippen molar-refractivity contribution in [1.29, 1.82) is 0 Å². The number of carbonyl (C=O) groups is 2. The molecule has 1 saturated carbocycles. The van der Waals surface area contributed by atoms with Crippen molar-refractivity contribution in [2.75, 3.05) is 0 Å². The molecule has 0 spiro atoms. The lowest BCUT2D eigenvalue weighted by molar-refractivity contribution is 0.0454. The largest absolute Gasteiger partial charge is 0.444 e. The van der Waals surface area contributed by atoms with Crippen LogP contribution in [0.15, 0.2) is 60.9 Å². The molecule has 1 fully saturated rings. The Morgan fingerprint density at radius 2 is 1.71 bits per heavy atom. The van der Waals surface area contributed by atoms with Gasteiger partial charge in [0.15, 0.2) is 0 Å². The monoisotopic (exact) mass is 611 g/mol. The van der Waals surface area contributed by atoms with E-state index in [9.17, 15) is 18.4 Å². The van der Waals surface area contributed by atoms with Crippen LogP contribution in [0.3, 0.4) is 0 Å². The second kappa shape index (κ2) is 12.4. The number of ether oxygens (including phenoxy) is 1. The van der Waals surface area contributed by atoms with Gasteiger partial charge in [0.25, 0.3) is 5.91 Å². The molecule has 1 aliphatic rings. The van der Waals surface area contributed by atoms with Crippen molar-refractivity contribution in [3.63, 3.8) is 0 Å². The zero-order valence-electron chi connectivity index (χ0n) is 23.6. The van der Waals surface area contributed by atoms with E-state index in [1.165, 1.54) is 0 Å². The molecule has 10 heteroatoms. The van der Waals surface area contributed by atoms with Crippen molar-refractivity contribution < 1.29 is 23.1 Å². The van der Waals surface area contributed by atoms with Gasteiger partial charge in [0.2, 0.25) is 0 Å². The molecule has 0 unspecified atom stereocenters. The second-order valence-corrected chi connectivity index (χ2v) is 12.9. The SMILES string of the molecule is CC(C)(C)OC(=O)N[C@H]1CC[C@H](N(Cc2cccc(-c3ccncc3)c2)C(=O)c2sc3c(F)ccc(F)c3c2Cl)CC1. The first-order valence-corrected chi connectivity index (χ1v) is 15.1. The predicted octanol–water partition coefficient (Wildman–Crippen LogP) is 8.37. The van der Waals surface area contributed by atoms with Crippen molar-refractivity contribution in [3.05, 3.63) is 88.0 Å². The lowest BCUT2D eigenvalue weighted by atomic mass is 9.89. The van der Waals surface area contributed by atoms with Crippen LogP contribution in [0, 0.1) is 11.6 Å². The minimum Gasteiger partial charge on any atom is -0.444 e. The summed E-state index contributed by atoms with van der Waals surface area (Å²) in [6.45, 7) is 5.72. The molecule has 1 aliphatic carbocycles. The molecule has 0 saturated heterocycles. The van der Waals surface area contributed by atoms with Crippen molar-refractivity contribution in [2.24, 2.45) is 0 Å². The molecule has 0 aliphatic heterocycles. The number of nitrogens with zero attached hydrogens (tertiary/aromatic N) is 2. The first-order valence-electron chi connectivity index (χ1n) is 13.9. The Bertz CT molecular complexity index is 1600. The molecular formula is C32H32ClF2N3O3S. The number of benzene rings is 2. The van der Waals surface area contributed by atoms with Crippen LogP contribution in [0.25, 0.3) is 21.2 Å². The second-order valence-electron chi connectivity index (χ2n) is 11.5. The number of thiophene rings is 1. The number of amides is 2. The number of rotatable bonds is 6. The Morgan fingerprint density at radius 1 is 1.02 bits per heavy atom. The van der Waals surface area contributed by atoms with Gasteiger partial charge in [-0.3, -0.25) is 9.78 Å². The zero-order valence-corrected chi connectivity index (χ0v) is 25.2. The zero-order chi connectivity index (χ0) is 30.0. The van der Waals surface area contributed by atoms with E-state index in [0.717, 1.165) is 40.2 Å². The minimum atomic E-state index is -0.669. The van der Waals surface area contributed by atoms with E-state index in [0.29, 0.717) is 25.7 Å². The quantitative estimate of drug-likeness (QED) is 0.238. The number of pyridine rings is 1. The first kappa shape index (κ1) is 29.9. The third kappa shape index (κ3) is 6.73. The molecule has 0 radical (unpaired) electrons. The van der Waals surface area contributed by atoms with Crippen molar-refractivity contribution in [3.8, 4) is 11.1 Å². The highest BCUT2D eigenvalue weighted by atomic mass is 35.5. The Labute approximate surface area is 252 Å². The molecule has 2 amide bonds. The third-order valence-electron chi connectivity index (χ3n) is 7.29. The third-order valence-corrected chi connectivity index (χ3v) is 8.96. The number of alkyl carbamates (subject to hydrolysis) is 1. The maximum atomic E-state index is 14.6. The maximum absolute atomic E-state index is 14.6. The van der Waals surface area contributed by atoms with E-state index in [-0.39, 0.29) is 44.5 Å². The summed E-state index contributed by atoms with van der Waals surface area (Å²) in [7, 11) is 0. The molecule has 1 N–H and O–H groups in total. The highest BCUT2D eigenvalue weighted by molar-refractivity contribution is 7.21. The van der Waals surface area contributed by atoms with Crippen LogP contribution in [0.1, 0.15) is 61.7 Å². The standard InChI is InChI=1S/C32H32ClF2N3O3S/c1-32(2,3)41-31(40)37-22-7-9-23(10-8-22)38(18-19-5-4-6-21(17-19)20-13-15-36-16-14-20)30(39)29-27(33)26-24(34)11-12-25(35)28(26)42-29/h4-6,11-17,22-23H,7-10,18H2,1-3H3,(H,37,40)/t22-,23-. The molecule has 0 atom stereocenters. The molecule has 2 aromatic heterocycles. The van der Waals surface area contributed by atoms with Gasteiger partial charge < -0.3 is 15.0 Å². The van der Waals surface area contributed by atoms with Crippen molar-refractivity contribution in [2.45, 2.75) is 70.7 Å². The Morgan fingerprint density at radius 3 is 2.38 bits per heavy atom. The van der Waals surface area contributed by atoms with E-state index in [4.69, 9.17) is 16.3 Å². The molecule has 4 aromatic rings. The molecule has 0 bridgehead atoms. The van der Waals surface area contributed by atoms with E-state index >= 15 is 0 Å². The predicted molar refractivity (Wildman–Crippen MR) is 162 cm³/mol. The van der Waals surface area contributed by atoms with E-state index in [2.05, 4.69) is 10.3 Å². The van der Waals surface area contributed by atoms with Gasteiger partial charge in [0.05, 0.1) is 15.1 Å². The summed E-state index contributed by atoms with van der Waals surface area (Å²) in [6.07, 6.45) is 5.53. The summed E-state index contributed by atoms with van der Waals surface area (Å²) in [5, 5.41) is 2.79. The number of aromatic nitrogens is 1. The molecule has 2 aromatic carbocycles. The minimum absolute atomic E-state index is 0.0215. The fourth-order valence-corrected chi connectivity index (χ4v) is 6.83. The molecule has 220 valence electrons. The number of hydrogen-bond acceptors (Lipinski definition) is 5. The first-order chi connectivity index (χ1) is 20.0. The van der Waals surface area contributed by atoms with Crippen molar-refractivity contribution in [1.82, 2.24) is 15.2 Å². The van der Waals surface area contributed by atoms with Crippen LogP contribution >= 0.6 is 22.9 Å². The average molecular weight is 612 g/mol. The van der Waals surface area contributed by atoms with Gasteiger partial charge in [0, 0.05) is 31.0 Å². The maximum Gasteiger partial charge on any atom is 0.407 e. The summed E-state index contributed by atoms with van der Waals surface area (Å²) >= 11 is 7.41.